The van der Waals surface area contributed by atoms with E-state index in [1.807, 2.05) is 6.07 Å². The van der Waals surface area contributed by atoms with Gasteiger partial charge in [-0.05, 0) is 79.6 Å². The van der Waals surface area contributed by atoms with E-state index in [0.717, 1.165) is 24.0 Å². The minimum absolute atomic E-state index is 0. The van der Waals surface area contributed by atoms with Crippen molar-refractivity contribution in [1.82, 2.24) is 5.32 Å². The first-order valence-corrected chi connectivity index (χ1v) is 13.1. The van der Waals surface area contributed by atoms with Crippen molar-refractivity contribution in [3.05, 3.63) is 85.9 Å². The number of hydrogen-bond acceptors (Lipinski definition) is 5. The van der Waals surface area contributed by atoms with Crippen molar-refractivity contribution in [2.45, 2.75) is 37.5 Å². The molecule has 1 aliphatic carbocycles. The Morgan fingerprint density at radius 2 is 1.74 bits per heavy atom. The Hall–Kier alpha value is -1.93. The van der Waals surface area contributed by atoms with E-state index < -0.39 is 11.9 Å². The van der Waals surface area contributed by atoms with Crippen LogP contribution in [0.25, 0.3) is 0 Å². The molecule has 10 heteroatoms. The fraction of sp³-hybridized carbons (Fsp3) is 0.286. The van der Waals surface area contributed by atoms with Gasteiger partial charge in [0.2, 0.25) is 0 Å². The van der Waals surface area contributed by atoms with Gasteiger partial charge in [0.25, 0.3) is 5.91 Å². The van der Waals surface area contributed by atoms with Gasteiger partial charge < -0.3 is 24.7 Å². The second-order valence-electron chi connectivity index (χ2n) is 9.17. The van der Waals surface area contributed by atoms with Crippen LogP contribution in [0.3, 0.4) is 0 Å². The number of aliphatic carboxylic acids is 1. The van der Waals surface area contributed by atoms with Gasteiger partial charge in [0.05, 0.1) is 11.6 Å². The first-order chi connectivity index (χ1) is 17.8. The Morgan fingerprint density at radius 3 is 2.39 bits per heavy atom. The molecule has 1 fully saturated rings. The van der Waals surface area contributed by atoms with E-state index in [4.69, 9.17) is 44.3 Å². The monoisotopic (exact) mass is 581 g/mol. The number of rotatable bonds is 8. The molecule has 0 spiro atoms. The summed E-state index contributed by atoms with van der Waals surface area (Å²) in [7, 11) is 0. The number of fused-ring (bicyclic) bond motifs is 1. The van der Waals surface area contributed by atoms with Crippen LogP contribution in [0.15, 0.2) is 48.5 Å². The van der Waals surface area contributed by atoms with Crippen molar-refractivity contribution in [3.8, 4) is 17.2 Å². The van der Waals surface area contributed by atoms with Crippen LogP contribution in [0.2, 0.25) is 15.1 Å². The molecule has 1 atom stereocenters. The van der Waals surface area contributed by atoms with Crippen LogP contribution in [-0.2, 0) is 11.2 Å². The van der Waals surface area contributed by atoms with E-state index >= 15 is 0 Å². The summed E-state index contributed by atoms with van der Waals surface area (Å²) in [6, 6.07) is 13.6. The Bertz CT molecular complexity index is 1360. The summed E-state index contributed by atoms with van der Waals surface area (Å²) in [5.74, 6) is -0.424. The third-order valence-electron chi connectivity index (χ3n) is 6.58. The summed E-state index contributed by atoms with van der Waals surface area (Å²) < 4.78 is 12.1. The van der Waals surface area contributed by atoms with Crippen LogP contribution in [0.5, 0.6) is 17.2 Å². The van der Waals surface area contributed by atoms with E-state index in [9.17, 15) is 14.7 Å². The molecule has 1 heterocycles. The average Bonchev–Trinajstić information content (AvgIpc) is 3.71. The predicted octanol–water partition coefficient (Wildman–Crippen LogP) is 2.91. The molecule has 1 saturated carbocycles. The molecule has 5 rings (SSSR count). The minimum Gasteiger partial charge on any atom is -0.549 e. The Balaban J connectivity index is 0.00000336. The molecular formula is C28H23Cl3NNaO5. The van der Waals surface area contributed by atoms with Crippen LogP contribution < -0.4 is 49.5 Å². The number of carboxylic acid groups (broad SMARTS) is 1. The Morgan fingerprint density at radius 1 is 1.00 bits per heavy atom. The van der Waals surface area contributed by atoms with Crippen LogP contribution in [-0.4, -0.2) is 25.0 Å². The largest absolute Gasteiger partial charge is 1.00 e. The maximum atomic E-state index is 12.6. The van der Waals surface area contributed by atoms with Gasteiger partial charge in [-0.25, -0.2) is 0 Å². The van der Waals surface area contributed by atoms with Crippen molar-refractivity contribution in [2.75, 3.05) is 13.2 Å². The third kappa shape index (κ3) is 6.44. The Kier molecular flexibility index (Phi) is 9.56. The van der Waals surface area contributed by atoms with Gasteiger partial charge >= 0.3 is 29.6 Å². The van der Waals surface area contributed by atoms with Gasteiger partial charge in [0.1, 0.15) is 11.5 Å². The molecule has 2 aliphatic rings. The minimum atomic E-state index is -1.14. The zero-order chi connectivity index (χ0) is 26.1. The SMILES string of the molecule is O=C(NCCc1ccc(Cl)cc1Cl)c1ccc(Oc2c(Cl)cc3c(c2C2CC2)OCCC3C(=O)[O-])cc1.[Na+]. The summed E-state index contributed by atoms with van der Waals surface area (Å²) in [6.45, 7) is 0.710. The first kappa shape index (κ1) is 29.1. The van der Waals surface area contributed by atoms with Crippen molar-refractivity contribution < 1.29 is 53.7 Å². The third-order valence-corrected chi connectivity index (χ3v) is 7.45. The van der Waals surface area contributed by atoms with Gasteiger partial charge in [-0.1, -0.05) is 40.9 Å². The van der Waals surface area contributed by atoms with Gasteiger partial charge in [0, 0.05) is 45.2 Å². The van der Waals surface area contributed by atoms with Gasteiger partial charge in [0.15, 0.2) is 5.75 Å². The molecule has 0 aromatic heterocycles. The van der Waals surface area contributed by atoms with Gasteiger partial charge in [-0.2, -0.15) is 0 Å². The number of hydrogen-bond donors (Lipinski definition) is 1. The molecule has 1 N–H and O–H groups in total. The molecule has 1 amide bonds. The van der Waals surface area contributed by atoms with E-state index in [1.165, 1.54) is 0 Å². The molecular weight excluding hydrogens is 560 g/mol. The predicted molar refractivity (Wildman–Crippen MR) is 140 cm³/mol. The van der Waals surface area contributed by atoms with Crippen molar-refractivity contribution in [1.29, 1.82) is 0 Å². The second-order valence-corrected chi connectivity index (χ2v) is 10.4. The molecule has 1 aliphatic heterocycles. The fourth-order valence-corrected chi connectivity index (χ4v) is 5.29. The molecule has 3 aromatic rings. The van der Waals surface area contributed by atoms with Gasteiger partial charge in [-0.3, -0.25) is 4.79 Å². The zero-order valence-corrected chi connectivity index (χ0v) is 25.0. The van der Waals surface area contributed by atoms with Crippen LogP contribution in [0, 0.1) is 0 Å². The van der Waals surface area contributed by atoms with Crippen molar-refractivity contribution >= 4 is 46.7 Å². The molecule has 38 heavy (non-hydrogen) atoms. The number of ether oxygens (including phenoxy) is 2. The molecule has 1 unspecified atom stereocenters. The second kappa shape index (κ2) is 12.5. The fourth-order valence-electron chi connectivity index (χ4n) is 4.53. The number of benzene rings is 3. The topological polar surface area (TPSA) is 87.7 Å². The Labute approximate surface area is 257 Å². The summed E-state index contributed by atoms with van der Waals surface area (Å²) in [6.07, 6.45) is 2.81. The number of carbonyl (C=O) groups excluding carboxylic acids is 2. The number of amides is 1. The van der Waals surface area contributed by atoms with Crippen LogP contribution in [0.4, 0.5) is 0 Å². The average molecular weight is 583 g/mol. The molecule has 6 nitrogen and oxygen atoms in total. The summed E-state index contributed by atoms with van der Waals surface area (Å²) in [4.78, 5) is 24.3. The molecule has 0 bridgehead atoms. The summed E-state index contributed by atoms with van der Waals surface area (Å²) >= 11 is 18.7. The molecule has 0 saturated heterocycles. The molecule has 0 radical (unpaired) electrons. The van der Waals surface area contributed by atoms with Crippen molar-refractivity contribution in [3.63, 3.8) is 0 Å². The number of carbonyl (C=O) groups is 2. The van der Waals surface area contributed by atoms with E-state index in [2.05, 4.69) is 5.32 Å². The summed E-state index contributed by atoms with van der Waals surface area (Å²) in [5, 5.41) is 16.0. The number of halogens is 3. The van der Waals surface area contributed by atoms with Crippen LogP contribution >= 0.6 is 34.8 Å². The maximum Gasteiger partial charge on any atom is 1.00 e. The van der Waals surface area contributed by atoms with E-state index in [1.54, 1.807) is 42.5 Å². The number of nitrogens with one attached hydrogen (secondary N) is 1. The van der Waals surface area contributed by atoms with Crippen LogP contribution in [0.1, 0.15) is 58.1 Å². The summed E-state index contributed by atoms with van der Waals surface area (Å²) in [5.41, 5.74) is 2.72. The van der Waals surface area contributed by atoms with Gasteiger partial charge in [-0.15, -0.1) is 0 Å². The van der Waals surface area contributed by atoms with E-state index in [-0.39, 0.29) is 41.4 Å². The molecule has 192 valence electrons. The molecule has 3 aromatic carbocycles. The smallest absolute Gasteiger partial charge is 0.549 e. The standard InChI is InChI=1S/C28H24Cl3NO5.Na/c29-18-6-3-15(22(30)13-18)9-11-32-27(33)17-4-7-19(8-5-17)37-26-23(31)14-21-20(28(34)35)10-12-36-25(21)24(26)16-1-2-16;/h3-8,13-14,16,20H,1-2,9-12H2,(H,32,33)(H,34,35);/q;+1/p-1. The van der Waals surface area contributed by atoms with E-state index in [0.29, 0.717) is 69.4 Å². The maximum absolute atomic E-state index is 12.6. The normalized spacial score (nSPS) is 16.0. The first-order valence-electron chi connectivity index (χ1n) is 12.0. The number of carboxylic acids is 1. The zero-order valence-electron chi connectivity index (χ0n) is 20.7. The van der Waals surface area contributed by atoms with Crippen molar-refractivity contribution in [2.24, 2.45) is 0 Å². The quantitative estimate of drug-likeness (QED) is 0.413.